The van der Waals surface area contributed by atoms with Crippen molar-refractivity contribution in [2.75, 3.05) is 12.9 Å². The quantitative estimate of drug-likeness (QED) is 0.828. The largest absolute Gasteiger partial charge is 0.496 e. The molecule has 102 valence electrons. The molecular weight excluding hydrogens is 246 g/mol. The summed E-state index contributed by atoms with van der Waals surface area (Å²) in [7, 11) is 0.813. The van der Waals surface area contributed by atoms with E-state index in [1.54, 1.807) is 7.11 Å². The van der Waals surface area contributed by atoms with Gasteiger partial charge in [0, 0.05) is 28.2 Å². The topological polar surface area (TPSA) is 52.3 Å². The highest BCUT2D eigenvalue weighted by Crippen LogP contribution is 2.24. The molecule has 0 aliphatic rings. The first-order valence-electron chi connectivity index (χ1n) is 6.35. The van der Waals surface area contributed by atoms with Crippen LogP contribution in [-0.4, -0.2) is 17.1 Å². The average Bonchev–Trinajstić information content (AvgIpc) is 2.36. The highest BCUT2D eigenvalue weighted by atomic mass is 32.2. The van der Waals surface area contributed by atoms with E-state index in [-0.39, 0.29) is 6.04 Å². The van der Waals surface area contributed by atoms with Crippen LogP contribution >= 0.6 is 0 Å². The summed E-state index contributed by atoms with van der Waals surface area (Å²) >= 11 is 0. The van der Waals surface area contributed by atoms with E-state index in [2.05, 4.69) is 6.92 Å². The summed E-state index contributed by atoms with van der Waals surface area (Å²) in [5.41, 5.74) is 7.91. The SMILES string of the molecule is CCCCS(=O)Cc1cc(C(C)N)ccc1OC. The van der Waals surface area contributed by atoms with Crippen LogP contribution in [-0.2, 0) is 16.6 Å². The number of methoxy groups -OCH3 is 1. The molecule has 0 radical (unpaired) electrons. The third-order valence-corrected chi connectivity index (χ3v) is 4.25. The molecule has 1 aromatic carbocycles. The molecule has 0 saturated carbocycles. The summed E-state index contributed by atoms with van der Waals surface area (Å²) in [4.78, 5) is 0. The van der Waals surface area contributed by atoms with Crippen molar-refractivity contribution in [1.82, 2.24) is 0 Å². The Balaban J connectivity index is 2.84. The zero-order valence-corrected chi connectivity index (χ0v) is 12.3. The molecule has 2 atom stereocenters. The first-order chi connectivity index (χ1) is 8.58. The van der Waals surface area contributed by atoms with Gasteiger partial charge < -0.3 is 10.5 Å². The number of rotatable bonds is 7. The molecule has 0 heterocycles. The molecule has 0 aliphatic heterocycles. The fourth-order valence-electron chi connectivity index (χ4n) is 1.75. The summed E-state index contributed by atoms with van der Waals surface area (Å²) in [6.45, 7) is 4.05. The van der Waals surface area contributed by atoms with Crippen molar-refractivity contribution in [2.45, 2.75) is 38.5 Å². The molecule has 18 heavy (non-hydrogen) atoms. The lowest BCUT2D eigenvalue weighted by atomic mass is 10.1. The van der Waals surface area contributed by atoms with Crippen molar-refractivity contribution in [2.24, 2.45) is 5.73 Å². The standard InChI is InChI=1S/C14H23NO2S/c1-4-5-8-18(16)10-13-9-12(11(2)15)6-7-14(13)17-3/h6-7,9,11H,4-5,8,10,15H2,1-3H3. The van der Waals surface area contributed by atoms with Gasteiger partial charge in [-0.05, 0) is 31.0 Å². The van der Waals surface area contributed by atoms with Crippen LogP contribution < -0.4 is 10.5 Å². The van der Waals surface area contributed by atoms with Crippen LogP contribution in [0.2, 0.25) is 0 Å². The molecule has 2 N–H and O–H groups in total. The highest BCUT2D eigenvalue weighted by Gasteiger charge is 2.10. The minimum Gasteiger partial charge on any atom is -0.496 e. The molecule has 3 nitrogen and oxygen atoms in total. The number of hydrogen-bond donors (Lipinski definition) is 1. The number of hydrogen-bond acceptors (Lipinski definition) is 3. The summed E-state index contributed by atoms with van der Waals surface area (Å²) < 4.78 is 17.3. The van der Waals surface area contributed by atoms with Crippen molar-refractivity contribution < 1.29 is 8.95 Å². The molecule has 2 unspecified atom stereocenters. The predicted molar refractivity (Wildman–Crippen MR) is 77.2 cm³/mol. The van der Waals surface area contributed by atoms with Gasteiger partial charge in [0.25, 0.3) is 0 Å². The van der Waals surface area contributed by atoms with Gasteiger partial charge in [0.2, 0.25) is 0 Å². The normalized spacial score (nSPS) is 14.2. The van der Waals surface area contributed by atoms with Crippen LogP contribution in [0.15, 0.2) is 18.2 Å². The van der Waals surface area contributed by atoms with Gasteiger partial charge in [-0.15, -0.1) is 0 Å². The molecule has 0 aliphatic carbocycles. The molecule has 4 heteroatoms. The van der Waals surface area contributed by atoms with E-state index in [1.807, 2.05) is 25.1 Å². The minimum absolute atomic E-state index is 0.0151. The Morgan fingerprint density at radius 1 is 1.44 bits per heavy atom. The zero-order valence-electron chi connectivity index (χ0n) is 11.4. The van der Waals surface area contributed by atoms with Crippen LogP contribution in [0.25, 0.3) is 0 Å². The molecule has 1 aromatic rings. The molecule has 0 bridgehead atoms. The summed E-state index contributed by atoms with van der Waals surface area (Å²) in [5.74, 6) is 2.09. The monoisotopic (exact) mass is 269 g/mol. The first-order valence-corrected chi connectivity index (χ1v) is 7.84. The molecule has 0 amide bonds. The Hall–Kier alpha value is -0.870. The van der Waals surface area contributed by atoms with Crippen LogP contribution in [0.3, 0.4) is 0 Å². The Morgan fingerprint density at radius 3 is 2.72 bits per heavy atom. The van der Waals surface area contributed by atoms with E-state index in [4.69, 9.17) is 10.5 Å². The lowest BCUT2D eigenvalue weighted by Gasteiger charge is -2.12. The molecule has 0 aromatic heterocycles. The number of unbranched alkanes of at least 4 members (excludes halogenated alkanes) is 1. The van der Waals surface area contributed by atoms with Gasteiger partial charge in [-0.1, -0.05) is 19.4 Å². The van der Waals surface area contributed by atoms with Gasteiger partial charge >= 0.3 is 0 Å². The van der Waals surface area contributed by atoms with Crippen LogP contribution in [0.1, 0.15) is 43.9 Å². The van der Waals surface area contributed by atoms with E-state index in [0.717, 1.165) is 35.5 Å². The van der Waals surface area contributed by atoms with Crippen LogP contribution in [0.4, 0.5) is 0 Å². The van der Waals surface area contributed by atoms with Gasteiger partial charge in [0.05, 0.1) is 12.9 Å². The minimum atomic E-state index is -0.825. The van der Waals surface area contributed by atoms with Crippen molar-refractivity contribution in [3.05, 3.63) is 29.3 Å². The molecule has 0 spiro atoms. The maximum absolute atomic E-state index is 11.9. The third kappa shape index (κ3) is 4.42. The zero-order chi connectivity index (χ0) is 13.5. The molecule has 1 rings (SSSR count). The third-order valence-electron chi connectivity index (χ3n) is 2.87. The van der Waals surface area contributed by atoms with Gasteiger partial charge in [0.15, 0.2) is 0 Å². The fourth-order valence-corrected chi connectivity index (χ4v) is 3.07. The van der Waals surface area contributed by atoms with Gasteiger partial charge in [0.1, 0.15) is 5.75 Å². The molecule has 0 fully saturated rings. The Labute approximate surface area is 112 Å². The lowest BCUT2D eigenvalue weighted by molar-refractivity contribution is 0.411. The maximum atomic E-state index is 11.9. The van der Waals surface area contributed by atoms with E-state index in [0.29, 0.717) is 5.75 Å². The summed E-state index contributed by atoms with van der Waals surface area (Å²) in [6, 6.07) is 5.86. The maximum Gasteiger partial charge on any atom is 0.123 e. The highest BCUT2D eigenvalue weighted by molar-refractivity contribution is 7.84. The Kier molecular flexibility index (Phi) is 6.36. The van der Waals surface area contributed by atoms with Crippen molar-refractivity contribution >= 4 is 10.8 Å². The van der Waals surface area contributed by atoms with E-state index in [1.165, 1.54) is 0 Å². The number of benzene rings is 1. The number of ether oxygens (including phenoxy) is 1. The van der Waals surface area contributed by atoms with E-state index in [9.17, 15) is 4.21 Å². The second-order valence-corrected chi connectivity index (χ2v) is 6.08. The van der Waals surface area contributed by atoms with Crippen LogP contribution in [0, 0.1) is 0 Å². The summed E-state index contributed by atoms with van der Waals surface area (Å²) in [5, 5.41) is 0. The molecular formula is C14H23NO2S. The van der Waals surface area contributed by atoms with Crippen molar-refractivity contribution in [1.29, 1.82) is 0 Å². The predicted octanol–water partition coefficient (Wildman–Crippen LogP) is 2.76. The second kappa shape index (κ2) is 7.54. The van der Waals surface area contributed by atoms with Gasteiger partial charge in [-0.25, -0.2) is 0 Å². The first kappa shape index (κ1) is 15.2. The second-order valence-electron chi connectivity index (χ2n) is 4.50. The Morgan fingerprint density at radius 2 is 2.17 bits per heavy atom. The fraction of sp³-hybridized carbons (Fsp3) is 0.571. The van der Waals surface area contributed by atoms with Gasteiger partial charge in [-0.2, -0.15) is 0 Å². The Bertz CT molecular complexity index is 405. The van der Waals surface area contributed by atoms with Gasteiger partial charge in [-0.3, -0.25) is 4.21 Å². The van der Waals surface area contributed by atoms with E-state index >= 15 is 0 Å². The van der Waals surface area contributed by atoms with Crippen molar-refractivity contribution in [3.8, 4) is 5.75 Å². The summed E-state index contributed by atoms with van der Waals surface area (Å²) in [6.07, 6.45) is 2.07. The molecule has 0 saturated heterocycles. The average molecular weight is 269 g/mol. The number of nitrogens with two attached hydrogens (primary N) is 1. The smallest absolute Gasteiger partial charge is 0.123 e. The lowest BCUT2D eigenvalue weighted by Crippen LogP contribution is -2.07. The van der Waals surface area contributed by atoms with Crippen LogP contribution in [0.5, 0.6) is 5.75 Å². The van der Waals surface area contributed by atoms with Crippen molar-refractivity contribution in [3.63, 3.8) is 0 Å². The van der Waals surface area contributed by atoms with E-state index < -0.39 is 10.8 Å².